The number of benzene rings is 1. The number of hydrogen-bond donors (Lipinski definition) is 1. The minimum absolute atomic E-state index is 0.378. The highest BCUT2D eigenvalue weighted by Gasteiger charge is 2.41. The summed E-state index contributed by atoms with van der Waals surface area (Å²) in [6, 6.07) is -4.49. The van der Waals surface area contributed by atoms with E-state index in [0.29, 0.717) is 19.1 Å². The molecule has 0 aromatic heterocycles. The normalized spacial score (nSPS) is 52.1. The largest absolute Gasteiger partial charge is 0.493 e. The van der Waals surface area contributed by atoms with Crippen LogP contribution in [0.4, 0.5) is 0 Å². The van der Waals surface area contributed by atoms with E-state index in [1.807, 2.05) is 0 Å². The minimum Gasteiger partial charge on any atom is -0.493 e. The molecule has 0 amide bonds. The molecule has 5 atom stereocenters. The van der Waals surface area contributed by atoms with E-state index in [0.717, 1.165) is 7.11 Å². The number of nitrogens with zero attached hydrogens (tertiary/aromatic N) is 1. The van der Waals surface area contributed by atoms with Gasteiger partial charge in [-0.3, -0.25) is 9.69 Å². The van der Waals surface area contributed by atoms with Crippen LogP contribution in [-0.4, -0.2) is 50.1 Å². The summed E-state index contributed by atoms with van der Waals surface area (Å²) in [7, 11) is -2.27. The van der Waals surface area contributed by atoms with Crippen LogP contribution in [0.2, 0.25) is 0 Å². The van der Waals surface area contributed by atoms with Crippen LogP contribution in [0, 0.1) is 17.7 Å². The molecular formula is C24H38N2O4. The van der Waals surface area contributed by atoms with Gasteiger partial charge >= 0.3 is 5.97 Å². The van der Waals surface area contributed by atoms with Crippen molar-refractivity contribution in [2.45, 2.75) is 64.9 Å². The summed E-state index contributed by atoms with van der Waals surface area (Å²) in [5, 5.41) is 0. The second-order valence-electron chi connectivity index (χ2n) is 6.95. The monoisotopic (exact) mass is 438 g/mol. The SMILES string of the molecule is [2H]C([2H])([2H])Oc1cc2c(cc1OC)C1([2H])N(C([2H])([2H])C2([2H])[2H])C([2H])([2H])C([2H])(C([2H])([2H])C([2H])(C)C([2H])([2H])[2H])C([2H])(OC(=O)[C@@H](N)C(C)C)C1([2H])[2H]. The molecule has 1 aromatic rings. The lowest BCUT2D eigenvalue weighted by molar-refractivity contribution is -0.160. The van der Waals surface area contributed by atoms with Gasteiger partial charge in [0.25, 0.3) is 0 Å². The summed E-state index contributed by atoms with van der Waals surface area (Å²) in [5.74, 6) is -12.2. The van der Waals surface area contributed by atoms with Crippen molar-refractivity contribution in [2.24, 2.45) is 23.4 Å². The van der Waals surface area contributed by atoms with Crippen molar-refractivity contribution in [1.82, 2.24) is 4.90 Å². The molecule has 2 heterocycles. The first-order chi connectivity index (χ1) is 21.9. The smallest absolute Gasteiger partial charge is 0.323 e. The number of esters is 1. The van der Waals surface area contributed by atoms with Crippen LogP contribution in [0.5, 0.6) is 11.5 Å². The van der Waals surface area contributed by atoms with E-state index in [-0.39, 0.29) is 0 Å². The molecule has 0 spiro atoms. The van der Waals surface area contributed by atoms with E-state index < -0.39 is 115 Å². The third-order valence-electron chi connectivity index (χ3n) is 4.38. The molecule has 30 heavy (non-hydrogen) atoms. The zero-order valence-corrected chi connectivity index (χ0v) is 17.0. The average molecular weight is 439 g/mol. The van der Waals surface area contributed by atoms with Crippen molar-refractivity contribution in [1.29, 1.82) is 0 Å². The van der Waals surface area contributed by atoms with Gasteiger partial charge in [-0.1, -0.05) is 27.6 Å². The molecule has 2 N–H and O–H groups in total. The van der Waals surface area contributed by atoms with Crippen LogP contribution in [0.25, 0.3) is 0 Å². The van der Waals surface area contributed by atoms with Crippen LogP contribution in [0.15, 0.2) is 12.1 Å². The zero-order chi connectivity index (χ0) is 39.7. The Morgan fingerprint density at radius 1 is 1.43 bits per heavy atom. The van der Waals surface area contributed by atoms with Gasteiger partial charge < -0.3 is 19.9 Å². The van der Waals surface area contributed by atoms with E-state index >= 15 is 0 Å². The first kappa shape index (κ1) is 8.28. The van der Waals surface area contributed by atoms with E-state index in [4.69, 9.17) is 37.8 Å². The molecule has 3 rings (SSSR count). The maximum absolute atomic E-state index is 13.4. The molecule has 0 saturated carbocycles. The van der Waals surface area contributed by atoms with Gasteiger partial charge in [-0.15, -0.1) is 0 Å². The number of nitrogens with two attached hydrogens (primary N) is 1. The molecule has 1 aromatic carbocycles. The van der Waals surface area contributed by atoms with Gasteiger partial charge in [0.1, 0.15) is 12.1 Å². The Morgan fingerprint density at radius 3 is 2.87 bits per heavy atom. The van der Waals surface area contributed by atoms with Crippen LogP contribution in [0.1, 0.15) is 84.9 Å². The number of rotatable bonds is 7. The second-order valence-corrected chi connectivity index (χ2v) is 6.95. The van der Waals surface area contributed by atoms with Gasteiger partial charge in [0.2, 0.25) is 0 Å². The number of carbonyl (C=O) groups excluding carboxylic acids is 1. The van der Waals surface area contributed by atoms with Gasteiger partial charge in [-0.25, -0.2) is 0 Å². The van der Waals surface area contributed by atoms with Crippen molar-refractivity contribution in [3.05, 3.63) is 23.3 Å². The Kier molecular flexibility index (Phi) is 2.64. The molecule has 1 fully saturated rings. The maximum Gasteiger partial charge on any atom is 0.323 e. The van der Waals surface area contributed by atoms with Gasteiger partial charge in [0, 0.05) is 51.8 Å². The zero-order valence-electron chi connectivity index (χ0n) is 37.0. The van der Waals surface area contributed by atoms with Gasteiger partial charge in [-0.05, 0) is 47.8 Å². The van der Waals surface area contributed by atoms with Gasteiger partial charge in [0.15, 0.2) is 11.5 Å². The lowest BCUT2D eigenvalue weighted by Gasteiger charge is -2.47. The Balaban J connectivity index is 2.71. The lowest BCUT2D eigenvalue weighted by atomic mass is 9.79. The Bertz CT molecular complexity index is 1530. The summed E-state index contributed by atoms with van der Waals surface area (Å²) in [4.78, 5) is 12.9. The number of hydrogen-bond acceptors (Lipinski definition) is 6. The molecule has 168 valence electrons. The standard InChI is InChI=1S/C24H38N2O4/c1-14(2)9-17-13-26-8-7-16-10-21(28-5)22(29-6)11-18(16)19(26)12-20(17)30-24(27)23(25)15(3)4/h10-11,14-15,17,19-20,23H,7-9,12-13,25H2,1-6H3/t17?,19?,20?,23-/m0/s1/i1D3,5D3,7D2,8D2,9D2,12D2,13D2,14D,17D,19D,20D/t14?,17?,19?,20?,23-. The topological polar surface area (TPSA) is 74.0 Å². The molecule has 0 aliphatic carbocycles. The highest BCUT2D eigenvalue weighted by Crippen LogP contribution is 2.44. The van der Waals surface area contributed by atoms with E-state index in [1.165, 1.54) is 13.8 Å². The Hall–Kier alpha value is -1.79. The highest BCUT2D eigenvalue weighted by atomic mass is 16.5. The molecule has 0 radical (unpaired) electrons. The van der Waals surface area contributed by atoms with Crippen LogP contribution < -0.4 is 15.2 Å². The fraction of sp³-hybridized carbons (Fsp3) is 0.708. The molecule has 1 saturated heterocycles. The number of fused-ring (bicyclic) bond motifs is 3. The Labute approximate surface area is 209 Å². The van der Waals surface area contributed by atoms with Crippen molar-refractivity contribution in [3.63, 3.8) is 0 Å². The molecular weight excluding hydrogens is 380 g/mol. The van der Waals surface area contributed by atoms with Crippen LogP contribution in [0.3, 0.4) is 0 Å². The first-order valence-corrected chi connectivity index (χ1v) is 9.07. The van der Waals surface area contributed by atoms with E-state index in [2.05, 4.69) is 0 Å². The number of ether oxygens (including phenoxy) is 3. The summed E-state index contributed by atoms with van der Waals surface area (Å²) in [6.07, 6.45) is -16.7. The molecule has 0 bridgehead atoms. The fourth-order valence-electron chi connectivity index (χ4n) is 2.72. The number of piperidine rings is 1. The van der Waals surface area contributed by atoms with Crippen molar-refractivity contribution in [3.8, 4) is 11.5 Å². The van der Waals surface area contributed by atoms with E-state index in [9.17, 15) is 14.4 Å². The number of methoxy groups -OCH3 is 2. The van der Waals surface area contributed by atoms with Crippen molar-refractivity contribution >= 4 is 5.97 Å². The van der Waals surface area contributed by atoms with Crippen LogP contribution in [-0.2, 0) is 15.9 Å². The molecule has 2 aliphatic heterocycles. The van der Waals surface area contributed by atoms with Crippen LogP contribution >= 0.6 is 0 Å². The Morgan fingerprint density at radius 2 is 2.20 bits per heavy atom. The van der Waals surface area contributed by atoms with Crippen molar-refractivity contribution < 1.29 is 46.4 Å². The molecule has 6 nitrogen and oxygen atoms in total. The molecule has 2 aliphatic rings. The summed E-state index contributed by atoms with van der Waals surface area (Å²) >= 11 is 0. The molecule has 6 heteroatoms. The summed E-state index contributed by atoms with van der Waals surface area (Å²) in [6.45, 7) is -9.18. The summed E-state index contributed by atoms with van der Waals surface area (Å²) < 4.78 is 188. The quantitative estimate of drug-likeness (QED) is 0.656. The first-order valence-electron chi connectivity index (χ1n) is 19.1. The number of carbonyl (C=O) groups is 1. The number of aryl methyl sites for hydroxylation is 1. The third kappa shape index (κ3) is 4.75. The fourth-order valence-corrected chi connectivity index (χ4v) is 2.72. The second kappa shape index (κ2) is 9.56. The lowest BCUT2D eigenvalue weighted by Crippen LogP contribution is -2.51. The predicted molar refractivity (Wildman–Crippen MR) is 118 cm³/mol. The van der Waals surface area contributed by atoms with Crippen molar-refractivity contribution in [2.75, 3.05) is 27.1 Å². The maximum atomic E-state index is 13.4. The third-order valence-corrected chi connectivity index (χ3v) is 4.38. The molecule has 4 unspecified atom stereocenters. The average Bonchev–Trinajstić information content (AvgIpc) is 2.92. The predicted octanol–water partition coefficient (Wildman–Crippen LogP) is 3.56. The summed E-state index contributed by atoms with van der Waals surface area (Å²) in [5.41, 5.74) is 3.78. The van der Waals surface area contributed by atoms with Gasteiger partial charge in [0.05, 0.1) is 21.0 Å². The van der Waals surface area contributed by atoms with E-state index in [1.54, 1.807) is 0 Å². The highest BCUT2D eigenvalue weighted by molar-refractivity contribution is 5.76. The van der Waals surface area contributed by atoms with Gasteiger partial charge in [-0.2, -0.15) is 0 Å². The minimum atomic E-state index is -4.58.